The smallest absolute Gasteiger partial charge is 0.324 e. The maximum absolute atomic E-state index is 15.1. The molecule has 2 rings (SSSR count). The van der Waals surface area contributed by atoms with E-state index in [0.29, 0.717) is 0 Å². The van der Waals surface area contributed by atoms with E-state index in [0.717, 1.165) is 83.0 Å². The van der Waals surface area contributed by atoms with Gasteiger partial charge in [0.05, 0.1) is 13.2 Å². The van der Waals surface area contributed by atoms with Crippen LogP contribution in [-0.4, -0.2) is 35.4 Å². The van der Waals surface area contributed by atoms with Crippen LogP contribution in [0.4, 0.5) is 0 Å². The lowest BCUT2D eigenvalue weighted by atomic mass is 9.72. The maximum Gasteiger partial charge on any atom is 0.324 e. The largest absolute Gasteiger partial charge is 0.507 e. The Morgan fingerprint density at radius 1 is 0.380 bits per heavy atom. The van der Waals surface area contributed by atoms with E-state index in [1.54, 1.807) is 0 Å². The van der Waals surface area contributed by atoms with Crippen molar-refractivity contribution in [3.8, 4) is 11.5 Å². The molecule has 0 saturated carbocycles. The fourth-order valence-electron chi connectivity index (χ4n) is 10.4. The highest BCUT2D eigenvalue weighted by atomic mass is 16.6. The van der Waals surface area contributed by atoms with E-state index in [2.05, 4.69) is 55.4 Å². The molecule has 2 aromatic carbocycles. The predicted octanol–water partition coefficient (Wildman–Crippen LogP) is 19.3. The molecule has 6 nitrogen and oxygen atoms in total. The highest BCUT2D eigenvalue weighted by Gasteiger charge is 2.50. The molecule has 0 aliphatic carbocycles. The van der Waals surface area contributed by atoms with E-state index in [1.165, 1.54) is 167 Å². The molecule has 0 aliphatic rings. The Morgan fingerprint density at radius 2 is 0.606 bits per heavy atom. The molecule has 0 aromatic heterocycles. The molecule has 0 unspecified atom stereocenters. The Hall–Kier alpha value is -3.02. The number of carbonyl (C=O) groups is 2. The van der Waals surface area contributed by atoms with E-state index < -0.39 is 17.4 Å². The second kappa shape index (κ2) is 35.2. The second-order valence-electron chi connectivity index (χ2n) is 24.2. The quantitative estimate of drug-likeness (QED) is 0.0393. The van der Waals surface area contributed by atoms with Gasteiger partial charge in [0, 0.05) is 0 Å². The van der Waals surface area contributed by atoms with Crippen molar-refractivity contribution in [3.05, 3.63) is 56.6 Å². The van der Waals surface area contributed by atoms with Crippen LogP contribution in [0.3, 0.4) is 0 Å². The van der Waals surface area contributed by atoms with Crippen LogP contribution >= 0.6 is 0 Å². The molecule has 0 aliphatic heterocycles. The van der Waals surface area contributed by atoms with Gasteiger partial charge >= 0.3 is 11.9 Å². The second-order valence-corrected chi connectivity index (χ2v) is 24.2. The van der Waals surface area contributed by atoms with Crippen molar-refractivity contribution in [2.45, 2.75) is 312 Å². The number of rotatable bonds is 40. The number of phenolic OH excluding ortho intramolecular Hbond substituents is 2. The first-order valence-electron chi connectivity index (χ1n) is 29.8. The zero-order valence-corrected chi connectivity index (χ0v) is 48.6. The van der Waals surface area contributed by atoms with Gasteiger partial charge in [-0.3, -0.25) is 9.59 Å². The van der Waals surface area contributed by atoms with Gasteiger partial charge in [0.15, 0.2) is 5.41 Å². The predicted molar refractivity (Wildman–Crippen MR) is 303 cm³/mol. The zero-order valence-electron chi connectivity index (χ0n) is 48.6. The van der Waals surface area contributed by atoms with Gasteiger partial charge in [0.2, 0.25) is 0 Å². The van der Waals surface area contributed by atoms with Crippen LogP contribution in [0, 0.1) is 33.1 Å². The lowest BCUT2D eigenvalue weighted by molar-refractivity contribution is -0.173. The summed E-state index contributed by atoms with van der Waals surface area (Å²) in [7, 11) is 0. The van der Waals surface area contributed by atoms with Crippen LogP contribution in [0.15, 0.2) is 12.1 Å². The maximum atomic E-state index is 15.1. The molecule has 408 valence electrons. The summed E-state index contributed by atoms with van der Waals surface area (Å²) < 4.78 is 12.5. The van der Waals surface area contributed by atoms with Crippen molar-refractivity contribution in [2.24, 2.45) is 5.41 Å². The summed E-state index contributed by atoms with van der Waals surface area (Å²) in [5.74, 6) is -0.608. The number of hydrogen-bond donors (Lipinski definition) is 2. The van der Waals surface area contributed by atoms with Crippen LogP contribution in [0.25, 0.3) is 0 Å². The standard InChI is InChI=1S/C65H112O6/c1-13-15-17-19-21-23-25-27-29-31-33-35-37-39-41-43-45-70-61(68)65(49-55-47-57(63(7,8)9)59(66)53(5)51(55)3,50-56-48-58(64(10,11)12)60(67)54(6)52(56)4)62(69)71-46-44-42-40-38-36-34-32-30-28-26-24-22-20-18-16-14-2/h47-48,66-67H,13-46,49-50H2,1-12H3. The molecular formula is C65H112O6. The first-order valence-corrected chi connectivity index (χ1v) is 29.8. The van der Waals surface area contributed by atoms with Gasteiger partial charge < -0.3 is 19.7 Å². The number of benzene rings is 2. The Kier molecular flexibility index (Phi) is 31.8. The summed E-state index contributed by atoms with van der Waals surface area (Å²) in [6.45, 7) is 25.3. The van der Waals surface area contributed by atoms with Crippen LogP contribution in [0.5, 0.6) is 11.5 Å². The number of esters is 2. The minimum atomic E-state index is -1.70. The van der Waals surface area contributed by atoms with Gasteiger partial charge in [-0.05, 0) is 109 Å². The Balaban J connectivity index is 2.23. The van der Waals surface area contributed by atoms with Crippen molar-refractivity contribution >= 4 is 11.9 Å². The van der Waals surface area contributed by atoms with Gasteiger partial charge in [0.25, 0.3) is 0 Å². The SMILES string of the molecule is CCCCCCCCCCCCCCCCCCOC(=O)C(Cc1cc(C(C)(C)C)c(O)c(C)c1C)(Cc1cc(C(C)(C)C)c(O)c(C)c1C)C(=O)OCCCCCCCCCCCCCCCCCC. The molecule has 0 fully saturated rings. The highest BCUT2D eigenvalue weighted by Crippen LogP contribution is 2.43. The average molecular weight is 990 g/mol. The Morgan fingerprint density at radius 3 is 0.831 bits per heavy atom. The third kappa shape index (κ3) is 23.8. The van der Waals surface area contributed by atoms with E-state index >= 15 is 9.59 Å². The molecular weight excluding hydrogens is 877 g/mol. The van der Waals surface area contributed by atoms with Crippen LogP contribution < -0.4 is 0 Å². The Labute approximate surface area is 438 Å². The molecule has 0 bridgehead atoms. The number of carbonyl (C=O) groups excluding carboxylic acids is 2. The highest BCUT2D eigenvalue weighted by molar-refractivity contribution is 6.01. The lowest BCUT2D eigenvalue weighted by Crippen LogP contribution is -2.46. The summed E-state index contributed by atoms with van der Waals surface area (Å²) >= 11 is 0. The van der Waals surface area contributed by atoms with Crippen molar-refractivity contribution in [1.29, 1.82) is 0 Å². The minimum Gasteiger partial charge on any atom is -0.507 e. The summed E-state index contributed by atoms with van der Waals surface area (Å²) in [5.41, 5.74) is 3.94. The topological polar surface area (TPSA) is 93.1 Å². The van der Waals surface area contributed by atoms with Crippen LogP contribution in [-0.2, 0) is 42.7 Å². The van der Waals surface area contributed by atoms with E-state index in [-0.39, 0.29) is 48.4 Å². The number of aromatic hydroxyl groups is 2. The molecule has 2 aromatic rings. The van der Waals surface area contributed by atoms with Crippen molar-refractivity contribution in [3.63, 3.8) is 0 Å². The summed E-state index contributed by atoms with van der Waals surface area (Å²) in [4.78, 5) is 30.3. The molecule has 0 heterocycles. The van der Waals surface area contributed by atoms with E-state index in [9.17, 15) is 10.2 Å². The molecule has 6 heteroatoms. The minimum absolute atomic E-state index is 0.0723. The molecule has 0 saturated heterocycles. The van der Waals surface area contributed by atoms with Gasteiger partial charge in [-0.15, -0.1) is 0 Å². The third-order valence-electron chi connectivity index (χ3n) is 15.8. The number of unbranched alkanes of at least 4 members (excludes halogenated alkanes) is 30. The third-order valence-corrected chi connectivity index (χ3v) is 15.8. The average Bonchev–Trinajstić information content (AvgIpc) is 3.32. The molecule has 2 N–H and O–H groups in total. The number of ether oxygens (including phenoxy) is 2. The van der Waals surface area contributed by atoms with Crippen molar-refractivity contribution in [1.82, 2.24) is 0 Å². The van der Waals surface area contributed by atoms with Crippen molar-refractivity contribution in [2.75, 3.05) is 13.2 Å². The monoisotopic (exact) mass is 989 g/mol. The molecule has 0 spiro atoms. The fourth-order valence-corrected chi connectivity index (χ4v) is 10.4. The van der Waals surface area contributed by atoms with Gasteiger partial charge in [-0.2, -0.15) is 0 Å². The van der Waals surface area contributed by atoms with Gasteiger partial charge in [-0.1, -0.05) is 260 Å². The normalized spacial score (nSPS) is 12.2. The molecule has 71 heavy (non-hydrogen) atoms. The fraction of sp³-hybridized carbons (Fsp3) is 0.785. The van der Waals surface area contributed by atoms with Gasteiger partial charge in [0.1, 0.15) is 11.5 Å². The van der Waals surface area contributed by atoms with Gasteiger partial charge in [-0.25, -0.2) is 0 Å². The first kappa shape index (κ1) is 64.1. The number of hydrogen-bond acceptors (Lipinski definition) is 6. The van der Waals surface area contributed by atoms with E-state index in [4.69, 9.17) is 9.47 Å². The van der Waals surface area contributed by atoms with Crippen molar-refractivity contribution < 1.29 is 29.3 Å². The van der Waals surface area contributed by atoms with Crippen LogP contribution in [0.1, 0.15) is 305 Å². The Bertz CT molecular complexity index is 1650. The molecule has 0 atom stereocenters. The summed E-state index contributed by atoms with van der Waals surface area (Å²) in [6.07, 6.45) is 40.5. The number of phenols is 2. The summed E-state index contributed by atoms with van der Waals surface area (Å²) in [5, 5.41) is 22.8. The van der Waals surface area contributed by atoms with Crippen LogP contribution in [0.2, 0.25) is 0 Å². The first-order chi connectivity index (χ1) is 33.8. The summed E-state index contributed by atoms with van der Waals surface area (Å²) in [6, 6.07) is 3.99. The molecule has 0 amide bonds. The molecule has 0 radical (unpaired) electrons. The zero-order chi connectivity index (χ0) is 52.7. The lowest BCUT2D eigenvalue weighted by Gasteiger charge is -2.33. The van der Waals surface area contributed by atoms with E-state index in [1.807, 2.05) is 39.8 Å².